The quantitative estimate of drug-likeness (QED) is 0.881. The summed E-state index contributed by atoms with van der Waals surface area (Å²) in [5.74, 6) is 0.980. The normalized spacial score (nSPS) is 12.0. The number of hydrogen-bond donors (Lipinski definition) is 1. The Morgan fingerprint density at radius 1 is 1.05 bits per heavy atom. The fourth-order valence-electron chi connectivity index (χ4n) is 2.23. The standard InChI is InChI=1S/C19H23NO2/c1-13(2)17-11-10-14(3)12-18(17)22-15(4)19(21)20-16-8-6-5-7-9-16/h5-13,15H,1-4H3,(H,20,21)/t15-/m1/s1. The van der Waals surface area contributed by atoms with Gasteiger partial charge in [0, 0.05) is 5.69 Å². The maximum absolute atomic E-state index is 12.2. The van der Waals surface area contributed by atoms with Crippen molar-refractivity contribution in [3.8, 4) is 5.75 Å². The van der Waals surface area contributed by atoms with Gasteiger partial charge in [-0.1, -0.05) is 44.2 Å². The highest BCUT2D eigenvalue weighted by Crippen LogP contribution is 2.28. The lowest BCUT2D eigenvalue weighted by molar-refractivity contribution is -0.122. The molecule has 116 valence electrons. The Bertz CT molecular complexity index is 635. The van der Waals surface area contributed by atoms with Crippen LogP contribution >= 0.6 is 0 Å². The van der Waals surface area contributed by atoms with Crippen LogP contribution in [0.1, 0.15) is 37.8 Å². The van der Waals surface area contributed by atoms with Crippen LogP contribution in [-0.2, 0) is 4.79 Å². The smallest absolute Gasteiger partial charge is 0.265 e. The Hall–Kier alpha value is -2.29. The average molecular weight is 297 g/mol. The zero-order valence-corrected chi connectivity index (χ0v) is 13.6. The number of carbonyl (C=O) groups excluding carboxylic acids is 1. The Morgan fingerprint density at radius 2 is 1.73 bits per heavy atom. The van der Waals surface area contributed by atoms with Crippen LogP contribution in [0.15, 0.2) is 48.5 Å². The van der Waals surface area contributed by atoms with E-state index < -0.39 is 6.10 Å². The second-order valence-corrected chi connectivity index (χ2v) is 5.81. The summed E-state index contributed by atoms with van der Waals surface area (Å²) in [6.45, 7) is 8.02. The van der Waals surface area contributed by atoms with Crippen molar-refractivity contribution in [2.75, 3.05) is 5.32 Å². The summed E-state index contributed by atoms with van der Waals surface area (Å²) < 4.78 is 5.91. The van der Waals surface area contributed by atoms with Gasteiger partial charge in [0.1, 0.15) is 5.75 Å². The first-order chi connectivity index (χ1) is 10.5. The summed E-state index contributed by atoms with van der Waals surface area (Å²) >= 11 is 0. The van der Waals surface area contributed by atoms with Crippen LogP contribution in [0, 0.1) is 6.92 Å². The minimum Gasteiger partial charge on any atom is -0.481 e. The van der Waals surface area contributed by atoms with Crippen LogP contribution in [0.4, 0.5) is 5.69 Å². The van der Waals surface area contributed by atoms with Gasteiger partial charge in [0.15, 0.2) is 6.10 Å². The van der Waals surface area contributed by atoms with E-state index in [4.69, 9.17) is 4.74 Å². The molecular weight excluding hydrogens is 274 g/mol. The monoisotopic (exact) mass is 297 g/mol. The van der Waals surface area contributed by atoms with Crippen LogP contribution in [0.5, 0.6) is 5.75 Å². The Balaban J connectivity index is 2.10. The molecule has 3 nitrogen and oxygen atoms in total. The van der Waals surface area contributed by atoms with Crippen LogP contribution < -0.4 is 10.1 Å². The second kappa shape index (κ2) is 7.12. The van der Waals surface area contributed by atoms with Gasteiger partial charge in [0.2, 0.25) is 0 Å². The number of rotatable bonds is 5. The highest BCUT2D eigenvalue weighted by Gasteiger charge is 2.17. The predicted molar refractivity (Wildman–Crippen MR) is 90.4 cm³/mol. The zero-order chi connectivity index (χ0) is 16.1. The number of carbonyl (C=O) groups is 1. The first-order valence-corrected chi connectivity index (χ1v) is 7.60. The number of nitrogens with one attached hydrogen (secondary N) is 1. The molecule has 1 atom stereocenters. The maximum atomic E-state index is 12.2. The van der Waals surface area contributed by atoms with E-state index in [2.05, 4.69) is 31.3 Å². The van der Waals surface area contributed by atoms with E-state index in [0.717, 1.165) is 22.6 Å². The van der Waals surface area contributed by atoms with Crippen molar-refractivity contribution in [1.82, 2.24) is 0 Å². The van der Waals surface area contributed by atoms with Crippen LogP contribution in [-0.4, -0.2) is 12.0 Å². The fourth-order valence-corrected chi connectivity index (χ4v) is 2.23. The molecule has 22 heavy (non-hydrogen) atoms. The van der Waals surface area contributed by atoms with Crippen LogP contribution in [0.3, 0.4) is 0 Å². The van der Waals surface area contributed by atoms with Gasteiger partial charge >= 0.3 is 0 Å². The minimum atomic E-state index is -0.556. The summed E-state index contributed by atoms with van der Waals surface area (Å²) in [6, 6.07) is 15.5. The molecule has 0 radical (unpaired) electrons. The van der Waals surface area contributed by atoms with Gasteiger partial charge in [-0.05, 0) is 49.1 Å². The summed E-state index contributed by atoms with van der Waals surface area (Å²) in [5.41, 5.74) is 3.01. The third-order valence-electron chi connectivity index (χ3n) is 3.51. The largest absolute Gasteiger partial charge is 0.481 e. The summed E-state index contributed by atoms with van der Waals surface area (Å²) in [5, 5.41) is 2.86. The van der Waals surface area contributed by atoms with E-state index in [1.165, 1.54) is 0 Å². The third-order valence-corrected chi connectivity index (χ3v) is 3.51. The summed E-state index contributed by atoms with van der Waals surface area (Å²) in [6.07, 6.45) is -0.556. The highest BCUT2D eigenvalue weighted by atomic mass is 16.5. The van der Waals surface area contributed by atoms with Crippen molar-refractivity contribution in [2.45, 2.75) is 39.7 Å². The number of aryl methyl sites for hydroxylation is 1. The molecule has 0 saturated heterocycles. The lowest BCUT2D eigenvalue weighted by Gasteiger charge is -2.19. The number of hydrogen-bond acceptors (Lipinski definition) is 2. The lowest BCUT2D eigenvalue weighted by atomic mass is 10.0. The molecule has 0 saturated carbocycles. The van der Waals surface area contributed by atoms with Gasteiger partial charge in [0.05, 0.1) is 0 Å². The molecule has 0 aliphatic heterocycles. The molecule has 0 fully saturated rings. The van der Waals surface area contributed by atoms with E-state index in [9.17, 15) is 4.79 Å². The van der Waals surface area contributed by atoms with Crippen molar-refractivity contribution in [3.63, 3.8) is 0 Å². The van der Waals surface area contributed by atoms with E-state index in [-0.39, 0.29) is 5.91 Å². The number of anilines is 1. The zero-order valence-electron chi connectivity index (χ0n) is 13.6. The molecule has 2 aromatic carbocycles. The third kappa shape index (κ3) is 4.10. The van der Waals surface area contributed by atoms with Crippen molar-refractivity contribution >= 4 is 11.6 Å². The van der Waals surface area contributed by atoms with Crippen molar-refractivity contribution in [3.05, 3.63) is 59.7 Å². The first kappa shape index (κ1) is 16.1. The van der Waals surface area contributed by atoms with Gasteiger partial charge in [-0.2, -0.15) is 0 Å². The van der Waals surface area contributed by atoms with Gasteiger partial charge in [-0.3, -0.25) is 4.79 Å². The number of ether oxygens (including phenoxy) is 1. The van der Waals surface area contributed by atoms with Crippen LogP contribution in [0.25, 0.3) is 0 Å². The first-order valence-electron chi connectivity index (χ1n) is 7.60. The molecule has 0 aromatic heterocycles. The highest BCUT2D eigenvalue weighted by molar-refractivity contribution is 5.94. The van der Waals surface area contributed by atoms with Crippen LogP contribution in [0.2, 0.25) is 0 Å². The average Bonchev–Trinajstić information content (AvgIpc) is 2.48. The van der Waals surface area contributed by atoms with Gasteiger partial charge in [-0.25, -0.2) is 0 Å². The topological polar surface area (TPSA) is 38.3 Å². The van der Waals surface area contributed by atoms with Crippen molar-refractivity contribution < 1.29 is 9.53 Å². The van der Waals surface area contributed by atoms with Gasteiger partial charge in [-0.15, -0.1) is 0 Å². The molecular formula is C19H23NO2. The molecule has 3 heteroatoms. The molecule has 2 rings (SSSR count). The lowest BCUT2D eigenvalue weighted by Crippen LogP contribution is -2.30. The SMILES string of the molecule is Cc1ccc(C(C)C)c(O[C@H](C)C(=O)Nc2ccccc2)c1. The van der Waals surface area contributed by atoms with Gasteiger partial charge in [0.25, 0.3) is 5.91 Å². The summed E-state index contributed by atoms with van der Waals surface area (Å²) in [7, 11) is 0. The summed E-state index contributed by atoms with van der Waals surface area (Å²) in [4.78, 5) is 12.2. The molecule has 0 bridgehead atoms. The van der Waals surface area contributed by atoms with E-state index in [1.54, 1.807) is 6.92 Å². The van der Waals surface area contributed by atoms with E-state index in [1.807, 2.05) is 43.3 Å². The molecule has 0 aliphatic carbocycles. The predicted octanol–water partition coefficient (Wildman–Crippen LogP) is 4.52. The Morgan fingerprint density at radius 3 is 2.36 bits per heavy atom. The number of amides is 1. The molecule has 1 amide bonds. The molecule has 0 spiro atoms. The van der Waals surface area contributed by atoms with Crippen molar-refractivity contribution in [2.24, 2.45) is 0 Å². The minimum absolute atomic E-state index is 0.151. The van der Waals surface area contributed by atoms with Gasteiger partial charge < -0.3 is 10.1 Å². The molecule has 0 heterocycles. The maximum Gasteiger partial charge on any atom is 0.265 e. The molecule has 0 aliphatic rings. The Kier molecular flexibility index (Phi) is 5.21. The number of para-hydroxylation sites is 1. The molecule has 1 N–H and O–H groups in total. The molecule has 0 unspecified atom stereocenters. The fraction of sp³-hybridized carbons (Fsp3) is 0.316. The second-order valence-electron chi connectivity index (χ2n) is 5.81. The van der Waals surface area contributed by atoms with Crippen molar-refractivity contribution in [1.29, 1.82) is 0 Å². The van der Waals surface area contributed by atoms with E-state index in [0.29, 0.717) is 5.92 Å². The van der Waals surface area contributed by atoms with E-state index >= 15 is 0 Å². The molecule has 2 aromatic rings. The Labute approximate surface area is 132 Å². The number of benzene rings is 2.